The Kier molecular flexibility index (Phi) is 6.56. The van der Waals surface area contributed by atoms with Crippen molar-refractivity contribution < 1.29 is 9.59 Å². The highest BCUT2D eigenvalue weighted by Crippen LogP contribution is 2.31. The molecule has 2 amide bonds. The lowest BCUT2D eigenvalue weighted by molar-refractivity contribution is -0.120. The minimum absolute atomic E-state index is 0.0284. The Balaban J connectivity index is 1.50. The summed E-state index contributed by atoms with van der Waals surface area (Å²) in [6.45, 7) is 0.369. The van der Waals surface area contributed by atoms with Gasteiger partial charge in [-0.2, -0.15) is 0 Å². The number of benzene rings is 2. The number of hydrogen-bond acceptors (Lipinski definition) is 4. The fourth-order valence-electron chi connectivity index (χ4n) is 3.73. The van der Waals surface area contributed by atoms with Crippen LogP contribution in [0.15, 0.2) is 72.2 Å². The van der Waals surface area contributed by atoms with E-state index in [4.69, 9.17) is 0 Å². The average molecular weight is 447 g/mol. The van der Waals surface area contributed by atoms with E-state index in [0.29, 0.717) is 11.4 Å². The van der Waals surface area contributed by atoms with Gasteiger partial charge in [-0.15, -0.1) is 11.3 Å². The molecule has 2 heterocycles. The molecule has 0 radical (unpaired) electrons. The number of aromatic nitrogens is 1. The van der Waals surface area contributed by atoms with E-state index in [-0.39, 0.29) is 24.3 Å². The summed E-state index contributed by atoms with van der Waals surface area (Å²) in [5.74, 6) is -0.480. The van der Waals surface area contributed by atoms with Gasteiger partial charge in [0, 0.05) is 49.3 Å². The molecule has 32 heavy (non-hydrogen) atoms. The maximum atomic E-state index is 12.5. The van der Waals surface area contributed by atoms with Crippen molar-refractivity contribution >= 4 is 39.7 Å². The number of carbonyl (C=O) groups excluding carboxylic acids is 2. The number of thiophene rings is 1. The summed E-state index contributed by atoms with van der Waals surface area (Å²) < 4.78 is 0. The molecular weight excluding hydrogens is 420 g/mol. The van der Waals surface area contributed by atoms with Gasteiger partial charge in [0.05, 0.1) is 11.4 Å². The van der Waals surface area contributed by atoms with Crippen molar-refractivity contribution in [3.05, 3.63) is 88.2 Å². The minimum atomic E-state index is -0.234. The van der Waals surface area contributed by atoms with Gasteiger partial charge in [-0.25, -0.2) is 0 Å². The molecule has 7 heteroatoms. The van der Waals surface area contributed by atoms with Gasteiger partial charge in [-0.3, -0.25) is 9.59 Å². The average Bonchev–Trinajstić information content (AvgIpc) is 3.49. The Morgan fingerprint density at radius 1 is 1.00 bits per heavy atom. The summed E-state index contributed by atoms with van der Waals surface area (Å²) in [4.78, 5) is 30.6. The molecule has 0 aliphatic rings. The largest absolute Gasteiger partial charge is 0.378 e. The molecule has 1 atom stereocenters. The maximum absolute atomic E-state index is 12.5. The van der Waals surface area contributed by atoms with Gasteiger partial charge in [0.15, 0.2) is 0 Å². The monoisotopic (exact) mass is 446 g/mol. The quantitative estimate of drug-likeness (QED) is 0.383. The molecule has 0 spiro atoms. The standard InChI is InChI=1S/C25H26N4O2S/c1-29(2)18-11-9-17(10-12-18)20(21-15-26-22-7-4-3-6-19(21)22)14-27-24(30)16-28-25(31)23-8-5-13-32-23/h3-13,15,20,26H,14,16H2,1-2H3,(H,27,30)(H,28,31). The first-order chi connectivity index (χ1) is 15.5. The van der Waals surface area contributed by atoms with E-state index in [1.54, 1.807) is 6.07 Å². The van der Waals surface area contributed by atoms with Crippen LogP contribution in [0.25, 0.3) is 10.9 Å². The number of para-hydroxylation sites is 1. The molecule has 4 aromatic rings. The molecule has 4 rings (SSSR count). The summed E-state index contributed by atoms with van der Waals surface area (Å²) >= 11 is 1.35. The van der Waals surface area contributed by atoms with Crippen LogP contribution in [0.2, 0.25) is 0 Å². The zero-order valence-corrected chi connectivity index (χ0v) is 18.9. The smallest absolute Gasteiger partial charge is 0.261 e. The van der Waals surface area contributed by atoms with Gasteiger partial charge in [0.1, 0.15) is 0 Å². The second kappa shape index (κ2) is 9.70. The van der Waals surface area contributed by atoms with Crippen LogP contribution in [0.3, 0.4) is 0 Å². The SMILES string of the molecule is CN(C)c1ccc(C(CNC(=O)CNC(=O)c2cccs2)c2c[nH]c3ccccc23)cc1. The third kappa shape index (κ3) is 4.84. The van der Waals surface area contributed by atoms with E-state index in [9.17, 15) is 9.59 Å². The van der Waals surface area contributed by atoms with E-state index in [1.807, 2.05) is 49.9 Å². The molecule has 164 valence electrons. The van der Waals surface area contributed by atoms with Crippen LogP contribution in [0.5, 0.6) is 0 Å². The summed E-state index contributed by atoms with van der Waals surface area (Å²) in [6.07, 6.45) is 2.01. The lowest BCUT2D eigenvalue weighted by Gasteiger charge is -2.20. The third-order valence-corrected chi connectivity index (χ3v) is 6.33. The lowest BCUT2D eigenvalue weighted by atomic mass is 9.90. The number of amides is 2. The van der Waals surface area contributed by atoms with Gasteiger partial charge >= 0.3 is 0 Å². The summed E-state index contributed by atoms with van der Waals surface area (Å²) in [5, 5.41) is 8.65. The Morgan fingerprint density at radius 3 is 2.50 bits per heavy atom. The first-order valence-corrected chi connectivity index (χ1v) is 11.3. The predicted molar refractivity (Wildman–Crippen MR) is 131 cm³/mol. The van der Waals surface area contributed by atoms with Gasteiger partial charge < -0.3 is 20.5 Å². The van der Waals surface area contributed by atoms with E-state index >= 15 is 0 Å². The molecule has 0 saturated heterocycles. The highest BCUT2D eigenvalue weighted by atomic mass is 32.1. The summed E-state index contributed by atoms with van der Waals surface area (Å²) in [5.41, 5.74) is 4.42. The van der Waals surface area contributed by atoms with Gasteiger partial charge in [-0.05, 0) is 40.8 Å². The predicted octanol–water partition coefficient (Wildman–Crippen LogP) is 3.97. The zero-order valence-electron chi connectivity index (χ0n) is 18.1. The fraction of sp³-hybridized carbons (Fsp3) is 0.200. The number of carbonyl (C=O) groups is 2. The normalized spacial score (nSPS) is 11.8. The highest BCUT2D eigenvalue weighted by Gasteiger charge is 2.19. The minimum Gasteiger partial charge on any atom is -0.378 e. The van der Waals surface area contributed by atoms with Crippen LogP contribution in [-0.4, -0.2) is 44.0 Å². The number of fused-ring (bicyclic) bond motifs is 1. The Labute approximate surface area is 191 Å². The molecule has 0 fully saturated rings. The van der Waals surface area contributed by atoms with Crippen molar-refractivity contribution in [3.8, 4) is 0 Å². The fourth-order valence-corrected chi connectivity index (χ4v) is 4.37. The van der Waals surface area contributed by atoms with E-state index in [1.165, 1.54) is 11.3 Å². The van der Waals surface area contributed by atoms with Crippen molar-refractivity contribution in [1.82, 2.24) is 15.6 Å². The molecule has 3 N–H and O–H groups in total. The molecule has 0 bridgehead atoms. The number of nitrogens with zero attached hydrogens (tertiary/aromatic N) is 1. The summed E-state index contributed by atoms with van der Waals surface area (Å²) in [6, 6.07) is 20.1. The Bertz CT molecular complexity index is 1200. The highest BCUT2D eigenvalue weighted by molar-refractivity contribution is 7.12. The number of aromatic amines is 1. The summed E-state index contributed by atoms with van der Waals surface area (Å²) in [7, 11) is 4.02. The van der Waals surface area contributed by atoms with Gasteiger partial charge in [0.2, 0.25) is 5.91 Å². The number of hydrogen-bond donors (Lipinski definition) is 3. The van der Waals surface area contributed by atoms with Gasteiger partial charge in [0.25, 0.3) is 5.91 Å². The molecule has 2 aromatic heterocycles. The van der Waals surface area contributed by atoms with E-state index in [0.717, 1.165) is 27.7 Å². The van der Waals surface area contributed by atoms with E-state index < -0.39 is 0 Å². The Morgan fingerprint density at radius 2 is 1.78 bits per heavy atom. The first-order valence-electron chi connectivity index (χ1n) is 10.4. The number of nitrogens with one attached hydrogen (secondary N) is 3. The zero-order chi connectivity index (χ0) is 22.5. The maximum Gasteiger partial charge on any atom is 0.261 e. The lowest BCUT2D eigenvalue weighted by Crippen LogP contribution is -2.38. The first kappa shape index (κ1) is 21.6. The van der Waals surface area contributed by atoms with Crippen LogP contribution in [0, 0.1) is 0 Å². The van der Waals surface area contributed by atoms with Crippen molar-refractivity contribution in [1.29, 1.82) is 0 Å². The number of rotatable bonds is 8. The number of H-pyrrole nitrogens is 1. The molecule has 0 aliphatic carbocycles. The Hall–Kier alpha value is -3.58. The number of anilines is 1. The second-order valence-electron chi connectivity index (χ2n) is 7.79. The molecule has 2 aromatic carbocycles. The topological polar surface area (TPSA) is 77.2 Å². The van der Waals surface area contributed by atoms with Crippen molar-refractivity contribution in [2.45, 2.75) is 5.92 Å². The van der Waals surface area contributed by atoms with Crippen molar-refractivity contribution in [2.75, 3.05) is 32.1 Å². The van der Waals surface area contributed by atoms with Crippen LogP contribution in [-0.2, 0) is 4.79 Å². The molecule has 1 unspecified atom stereocenters. The van der Waals surface area contributed by atoms with Crippen LogP contribution in [0.4, 0.5) is 5.69 Å². The van der Waals surface area contributed by atoms with Crippen LogP contribution >= 0.6 is 11.3 Å². The van der Waals surface area contributed by atoms with Gasteiger partial charge in [-0.1, -0.05) is 36.4 Å². The van der Waals surface area contributed by atoms with Crippen LogP contribution < -0.4 is 15.5 Å². The molecule has 0 aliphatic heterocycles. The van der Waals surface area contributed by atoms with Crippen LogP contribution in [0.1, 0.15) is 26.7 Å². The van der Waals surface area contributed by atoms with E-state index in [2.05, 4.69) is 50.8 Å². The van der Waals surface area contributed by atoms with Crippen molar-refractivity contribution in [3.63, 3.8) is 0 Å². The molecule has 6 nitrogen and oxygen atoms in total. The molecule has 0 saturated carbocycles. The second-order valence-corrected chi connectivity index (χ2v) is 8.74. The molecular formula is C25H26N4O2S. The van der Waals surface area contributed by atoms with Crippen molar-refractivity contribution in [2.24, 2.45) is 0 Å². The third-order valence-electron chi connectivity index (χ3n) is 5.47.